The second-order valence-electron chi connectivity index (χ2n) is 4.96. The number of pyridine rings is 1. The molecule has 21 heavy (non-hydrogen) atoms. The van der Waals surface area contributed by atoms with E-state index in [0.29, 0.717) is 5.88 Å². The van der Waals surface area contributed by atoms with Gasteiger partial charge in [0, 0.05) is 19.2 Å². The van der Waals surface area contributed by atoms with Crippen molar-refractivity contribution in [3.8, 4) is 5.88 Å². The lowest BCUT2D eigenvalue weighted by Crippen LogP contribution is -2.35. The standard InChI is InChI=1S/C13H16F3N3O2/c1-19-6-4-10(5-7-19)21-11-3-2-9(8-17-11)18-12(20)13(14,15)16/h2-3,8,10H,4-7H2,1H3,(H,18,20). The highest BCUT2D eigenvalue weighted by atomic mass is 19.4. The second-order valence-corrected chi connectivity index (χ2v) is 4.96. The van der Waals surface area contributed by atoms with E-state index in [2.05, 4.69) is 9.88 Å². The van der Waals surface area contributed by atoms with Crippen molar-refractivity contribution in [2.75, 3.05) is 25.5 Å². The molecule has 8 heteroatoms. The summed E-state index contributed by atoms with van der Waals surface area (Å²) in [4.78, 5) is 16.9. The quantitative estimate of drug-likeness (QED) is 0.928. The van der Waals surface area contributed by atoms with Gasteiger partial charge in [-0.25, -0.2) is 4.98 Å². The van der Waals surface area contributed by atoms with Gasteiger partial charge in [-0.15, -0.1) is 0 Å². The van der Waals surface area contributed by atoms with Crippen LogP contribution in [0.3, 0.4) is 0 Å². The predicted octanol–water partition coefficient (Wildman–Crippen LogP) is 2.06. The smallest absolute Gasteiger partial charge is 0.471 e. The molecule has 1 aromatic rings. The Morgan fingerprint density at radius 3 is 2.57 bits per heavy atom. The van der Waals surface area contributed by atoms with Gasteiger partial charge in [-0.1, -0.05) is 0 Å². The predicted molar refractivity (Wildman–Crippen MR) is 70.1 cm³/mol. The molecule has 0 spiro atoms. The molecule has 116 valence electrons. The molecule has 0 aromatic carbocycles. The van der Waals surface area contributed by atoms with E-state index < -0.39 is 12.1 Å². The third-order valence-corrected chi connectivity index (χ3v) is 3.20. The molecule has 0 saturated carbocycles. The minimum Gasteiger partial charge on any atom is -0.474 e. The van der Waals surface area contributed by atoms with Crippen molar-refractivity contribution >= 4 is 11.6 Å². The number of nitrogens with zero attached hydrogens (tertiary/aromatic N) is 2. The summed E-state index contributed by atoms with van der Waals surface area (Å²) in [6, 6.07) is 2.78. The highest BCUT2D eigenvalue weighted by Gasteiger charge is 2.38. The van der Waals surface area contributed by atoms with Crippen molar-refractivity contribution in [1.82, 2.24) is 9.88 Å². The van der Waals surface area contributed by atoms with E-state index in [-0.39, 0.29) is 11.8 Å². The van der Waals surface area contributed by atoms with Crippen LogP contribution in [0, 0.1) is 0 Å². The number of anilines is 1. The van der Waals surface area contributed by atoms with Crippen LogP contribution in [0.15, 0.2) is 18.3 Å². The molecule has 1 amide bonds. The number of hydrogen-bond donors (Lipinski definition) is 1. The molecule has 1 aliphatic rings. The van der Waals surface area contributed by atoms with E-state index in [1.807, 2.05) is 7.05 Å². The van der Waals surface area contributed by atoms with E-state index in [4.69, 9.17) is 4.74 Å². The molecule has 1 saturated heterocycles. The van der Waals surface area contributed by atoms with Gasteiger partial charge in [0.1, 0.15) is 6.10 Å². The van der Waals surface area contributed by atoms with Crippen LogP contribution in [0.5, 0.6) is 5.88 Å². The Labute approximate surface area is 120 Å². The van der Waals surface area contributed by atoms with Gasteiger partial charge in [-0.2, -0.15) is 13.2 Å². The van der Waals surface area contributed by atoms with Crippen molar-refractivity contribution < 1.29 is 22.7 Å². The number of carbonyl (C=O) groups is 1. The Bertz CT molecular complexity index is 482. The van der Waals surface area contributed by atoms with Crippen molar-refractivity contribution in [3.63, 3.8) is 0 Å². The molecule has 1 aliphatic heterocycles. The summed E-state index contributed by atoms with van der Waals surface area (Å²) in [7, 11) is 2.03. The van der Waals surface area contributed by atoms with Crippen LogP contribution in [-0.2, 0) is 4.79 Å². The van der Waals surface area contributed by atoms with Gasteiger partial charge in [0.25, 0.3) is 0 Å². The summed E-state index contributed by atoms with van der Waals surface area (Å²) < 4.78 is 41.9. The molecule has 0 aliphatic carbocycles. The molecular weight excluding hydrogens is 287 g/mol. The number of nitrogens with one attached hydrogen (secondary N) is 1. The highest BCUT2D eigenvalue weighted by Crippen LogP contribution is 2.20. The minimum atomic E-state index is -4.91. The van der Waals surface area contributed by atoms with Crippen LogP contribution < -0.4 is 10.1 Å². The second kappa shape index (κ2) is 6.30. The fourth-order valence-corrected chi connectivity index (χ4v) is 2.00. The van der Waals surface area contributed by atoms with Crippen molar-refractivity contribution in [2.45, 2.75) is 25.1 Å². The molecule has 2 heterocycles. The summed E-state index contributed by atoms with van der Waals surface area (Å²) in [6.45, 7) is 1.87. The normalized spacial score (nSPS) is 17.5. The van der Waals surface area contributed by atoms with E-state index in [0.717, 1.165) is 32.1 Å². The van der Waals surface area contributed by atoms with E-state index in [9.17, 15) is 18.0 Å². The van der Waals surface area contributed by atoms with Crippen molar-refractivity contribution in [2.24, 2.45) is 0 Å². The molecule has 1 fully saturated rings. The Morgan fingerprint density at radius 2 is 2.05 bits per heavy atom. The summed E-state index contributed by atoms with van der Waals surface area (Å²) in [5, 5.41) is 1.73. The first-order chi connectivity index (χ1) is 9.84. The van der Waals surface area contributed by atoms with E-state index >= 15 is 0 Å². The van der Waals surface area contributed by atoms with Gasteiger partial charge in [0.15, 0.2) is 0 Å². The van der Waals surface area contributed by atoms with Gasteiger partial charge >= 0.3 is 12.1 Å². The number of hydrogen-bond acceptors (Lipinski definition) is 4. The number of carbonyl (C=O) groups excluding carboxylic acids is 1. The lowest BCUT2D eigenvalue weighted by molar-refractivity contribution is -0.167. The number of halogens is 3. The fraction of sp³-hybridized carbons (Fsp3) is 0.538. The van der Waals surface area contributed by atoms with Crippen LogP contribution in [0.2, 0.25) is 0 Å². The average Bonchev–Trinajstić information content (AvgIpc) is 2.42. The number of likely N-dealkylation sites (tertiary alicyclic amines) is 1. The molecular formula is C13H16F3N3O2. The first-order valence-electron chi connectivity index (χ1n) is 6.54. The lowest BCUT2D eigenvalue weighted by Gasteiger charge is -2.28. The lowest BCUT2D eigenvalue weighted by atomic mass is 10.1. The van der Waals surface area contributed by atoms with Crippen molar-refractivity contribution in [3.05, 3.63) is 18.3 Å². The maximum Gasteiger partial charge on any atom is 0.471 e. The summed E-state index contributed by atoms with van der Waals surface area (Å²) >= 11 is 0. The largest absolute Gasteiger partial charge is 0.474 e. The third-order valence-electron chi connectivity index (χ3n) is 3.20. The average molecular weight is 303 g/mol. The van der Waals surface area contributed by atoms with E-state index in [1.54, 1.807) is 5.32 Å². The van der Waals surface area contributed by atoms with Gasteiger partial charge < -0.3 is 15.0 Å². The molecule has 1 aromatic heterocycles. The topological polar surface area (TPSA) is 54.5 Å². The van der Waals surface area contributed by atoms with Crippen LogP contribution in [-0.4, -0.2) is 48.2 Å². The zero-order valence-corrected chi connectivity index (χ0v) is 11.5. The number of alkyl halides is 3. The van der Waals surface area contributed by atoms with Gasteiger partial charge in [-0.3, -0.25) is 4.79 Å². The minimum absolute atomic E-state index is 0.0203. The van der Waals surface area contributed by atoms with Crippen molar-refractivity contribution in [1.29, 1.82) is 0 Å². The molecule has 1 N–H and O–H groups in total. The third kappa shape index (κ3) is 4.59. The zero-order chi connectivity index (χ0) is 15.5. The zero-order valence-electron chi connectivity index (χ0n) is 11.5. The monoisotopic (exact) mass is 303 g/mol. The Kier molecular flexibility index (Phi) is 4.66. The maximum atomic E-state index is 12.1. The Morgan fingerprint density at radius 1 is 1.38 bits per heavy atom. The van der Waals surface area contributed by atoms with Gasteiger partial charge in [-0.05, 0) is 26.0 Å². The number of piperidine rings is 1. The molecule has 5 nitrogen and oxygen atoms in total. The molecule has 0 unspecified atom stereocenters. The fourth-order valence-electron chi connectivity index (χ4n) is 2.00. The van der Waals surface area contributed by atoms with Gasteiger partial charge in [0.05, 0.1) is 11.9 Å². The number of amides is 1. The first kappa shape index (κ1) is 15.6. The van der Waals surface area contributed by atoms with Crippen LogP contribution in [0.25, 0.3) is 0 Å². The summed E-state index contributed by atoms with van der Waals surface area (Å²) in [5.74, 6) is -1.68. The van der Waals surface area contributed by atoms with Gasteiger partial charge in [0.2, 0.25) is 5.88 Å². The van der Waals surface area contributed by atoms with Crippen LogP contribution in [0.4, 0.5) is 18.9 Å². The number of ether oxygens (including phenoxy) is 1. The highest BCUT2D eigenvalue weighted by molar-refractivity contribution is 5.94. The Balaban J connectivity index is 1.89. The Hall–Kier alpha value is -1.83. The summed E-state index contributed by atoms with van der Waals surface area (Å²) in [5.41, 5.74) is -0.0203. The van der Waals surface area contributed by atoms with Crippen LogP contribution >= 0.6 is 0 Å². The first-order valence-corrected chi connectivity index (χ1v) is 6.54. The van der Waals surface area contributed by atoms with E-state index in [1.165, 1.54) is 12.1 Å². The number of rotatable bonds is 3. The summed E-state index contributed by atoms with van der Waals surface area (Å²) in [6.07, 6.45) is -1.95. The van der Waals surface area contributed by atoms with Crippen LogP contribution in [0.1, 0.15) is 12.8 Å². The molecule has 2 rings (SSSR count). The molecule has 0 radical (unpaired) electrons. The molecule has 0 atom stereocenters. The SMILES string of the molecule is CN1CCC(Oc2ccc(NC(=O)C(F)(F)F)cn2)CC1. The maximum absolute atomic E-state index is 12.1. The molecule has 0 bridgehead atoms. The number of aromatic nitrogens is 1.